The first kappa shape index (κ1) is 63.0. The van der Waals surface area contributed by atoms with Crippen molar-refractivity contribution in [2.24, 2.45) is 5.92 Å². The van der Waals surface area contributed by atoms with Crippen LogP contribution in [0.2, 0.25) is 0 Å². The Morgan fingerprint density at radius 2 is 0.591 bits per heavy atom. The molecule has 1 unspecified atom stereocenters. The van der Waals surface area contributed by atoms with Crippen LogP contribution in [0.3, 0.4) is 0 Å². The molecule has 4 rings (SSSR count). The first-order valence-corrected chi connectivity index (χ1v) is 30.1. The Hall–Kier alpha value is -1.06. The van der Waals surface area contributed by atoms with Crippen molar-refractivity contribution in [1.29, 1.82) is 0 Å². The van der Waals surface area contributed by atoms with Gasteiger partial charge in [-0.1, -0.05) is 41.5 Å². The summed E-state index contributed by atoms with van der Waals surface area (Å²) in [6.07, 6.45) is 41.4. The van der Waals surface area contributed by atoms with Gasteiger partial charge < -0.3 is 37.2 Å². The van der Waals surface area contributed by atoms with Crippen LogP contribution in [0, 0.1) is 5.92 Å². The Kier molecular flexibility index (Phi) is 34.3. The molecule has 1 aliphatic carbocycles. The predicted octanol–water partition coefficient (Wildman–Crippen LogP) is 7.84. The number of aryl methyl sites for hydroxylation is 6. The van der Waals surface area contributed by atoms with Gasteiger partial charge in [0.25, 0.3) is 0 Å². The van der Waals surface area contributed by atoms with Gasteiger partial charge in [0.05, 0.1) is 0 Å². The molecule has 0 saturated carbocycles. The van der Waals surface area contributed by atoms with Crippen LogP contribution in [-0.2, 0) is 59.0 Å². The van der Waals surface area contributed by atoms with Crippen molar-refractivity contribution in [1.82, 2.24) is 0 Å². The molecular formula is C61H95Cl3SiTi. The number of hydrogen-bond donors (Lipinski definition) is 0. The van der Waals surface area contributed by atoms with Gasteiger partial charge in [0.1, 0.15) is 0 Å². The molecule has 5 heteroatoms. The van der Waals surface area contributed by atoms with Gasteiger partial charge in [0.2, 0.25) is 0 Å². The molecular weight excluding hydrogens is 915 g/mol. The van der Waals surface area contributed by atoms with E-state index in [4.69, 9.17) is 0 Å². The number of benzene rings is 3. The zero-order chi connectivity index (χ0) is 45.3. The Labute approximate surface area is 440 Å². The van der Waals surface area contributed by atoms with Crippen molar-refractivity contribution in [3.05, 3.63) is 109 Å². The molecule has 0 N–H and O–H groups in total. The van der Waals surface area contributed by atoms with Crippen molar-refractivity contribution >= 4 is 23.6 Å². The third-order valence-corrected chi connectivity index (χ3v) is 20.4. The fourth-order valence-corrected chi connectivity index (χ4v) is 17.5. The summed E-state index contributed by atoms with van der Waals surface area (Å²) in [6, 6.07) is 24.8. The number of allylic oxidation sites excluding steroid dienone is 4. The Bertz CT molecular complexity index is 1560. The van der Waals surface area contributed by atoms with Crippen molar-refractivity contribution in [3.63, 3.8) is 0 Å². The van der Waals surface area contributed by atoms with E-state index in [9.17, 15) is 0 Å². The molecule has 1 aliphatic rings. The van der Waals surface area contributed by atoms with E-state index in [1.54, 1.807) is 59.7 Å². The fourth-order valence-electron chi connectivity index (χ4n) is 10.9. The van der Waals surface area contributed by atoms with E-state index < -0.39 is 8.07 Å². The molecule has 0 radical (unpaired) electrons. The molecule has 3 aromatic carbocycles. The second-order valence-electron chi connectivity index (χ2n) is 20.1. The number of unbranched alkanes of at least 4 members (excludes halogenated alkanes) is 18. The van der Waals surface area contributed by atoms with E-state index in [1.807, 2.05) is 0 Å². The minimum Gasteiger partial charge on any atom is -1.00 e. The first-order chi connectivity index (χ1) is 30.7. The summed E-state index contributed by atoms with van der Waals surface area (Å²) in [5.74, 6) is 0.417. The van der Waals surface area contributed by atoms with E-state index in [0.717, 1.165) is 0 Å². The molecule has 0 bridgehead atoms. The molecule has 0 saturated heterocycles. The third kappa shape index (κ3) is 19.6. The van der Waals surface area contributed by atoms with Crippen LogP contribution >= 0.6 is 0 Å². The molecule has 66 heavy (non-hydrogen) atoms. The maximum Gasteiger partial charge on any atom is -1.00 e. The number of halogens is 3. The minimum absolute atomic E-state index is 0. The van der Waals surface area contributed by atoms with Crippen molar-refractivity contribution < 1.29 is 57.7 Å². The van der Waals surface area contributed by atoms with Gasteiger partial charge >= 0.3 is 365 Å². The molecule has 0 fully saturated rings. The van der Waals surface area contributed by atoms with Crippen molar-refractivity contribution in [2.45, 2.75) is 248 Å². The monoisotopic (exact) mass is 1010 g/mol. The SMILES string of the molecule is CCCCCCc1cc(CCCCCC)cc([Si](C2=C(C)[C]([Ti+3])=CC2C)(c2cc(CCCCCC)cc(CCCCCC)c2)c2cc(CCCCCC)cc(CCCCCC)c2)c1.[Cl-].[Cl-].[Cl-]. The van der Waals surface area contributed by atoms with Crippen LogP contribution in [-0.4, -0.2) is 8.07 Å². The normalized spacial score (nSPS) is 13.7. The molecule has 368 valence electrons. The Balaban J connectivity index is 0.00000726. The summed E-state index contributed by atoms with van der Waals surface area (Å²) in [7, 11) is -2.85. The van der Waals surface area contributed by atoms with Gasteiger partial charge in [-0.3, -0.25) is 0 Å². The van der Waals surface area contributed by atoms with Gasteiger partial charge in [0, 0.05) is 0 Å². The molecule has 0 amide bonds. The standard InChI is InChI=1S/C61H95Si.3ClH.Ti/c1-9-15-21-27-33-52-41-53(34-28-22-16-10-2)45-58(44-52)62(61-50(7)39-40-51(61)8,59-46-54(35-29-23-17-11-3)42-55(47-59)36-30-24-18-12-4)60-48-56(37-31-25-19-13-5)43-57(49-60)38-32-26-20-14-6;;;;/h39,41-50H,9-38H2,1-8H3;3*1H;/q;;;;+3/p-3. The third-order valence-electron chi connectivity index (χ3n) is 14.5. The van der Waals surface area contributed by atoms with Crippen LogP contribution in [0.15, 0.2) is 75.3 Å². The van der Waals surface area contributed by atoms with E-state index >= 15 is 0 Å². The van der Waals surface area contributed by atoms with Gasteiger partial charge in [-0.15, -0.1) is 0 Å². The average Bonchev–Trinajstić information content (AvgIpc) is 3.54. The van der Waals surface area contributed by atoms with Crippen molar-refractivity contribution in [3.8, 4) is 0 Å². The zero-order valence-electron chi connectivity index (χ0n) is 43.7. The molecule has 3 aromatic rings. The Morgan fingerprint density at radius 1 is 0.364 bits per heavy atom. The van der Waals surface area contributed by atoms with Crippen LogP contribution in [0.5, 0.6) is 0 Å². The van der Waals surface area contributed by atoms with Crippen LogP contribution in [0.4, 0.5) is 0 Å². The second-order valence-corrected chi connectivity index (χ2v) is 24.7. The molecule has 0 aliphatic heterocycles. The van der Waals surface area contributed by atoms with E-state index in [0.29, 0.717) is 5.92 Å². The maximum absolute atomic E-state index is 2.85. The van der Waals surface area contributed by atoms with E-state index in [2.05, 4.69) is 136 Å². The molecule has 0 aromatic heterocycles. The molecule has 0 spiro atoms. The summed E-state index contributed by atoms with van der Waals surface area (Å²) < 4.78 is 1.51. The van der Waals surface area contributed by atoms with Gasteiger partial charge in [-0.2, -0.15) is 0 Å². The van der Waals surface area contributed by atoms with Crippen LogP contribution in [0.25, 0.3) is 0 Å². The number of hydrogen-bond acceptors (Lipinski definition) is 0. The largest absolute Gasteiger partial charge is 1.00 e. The second kappa shape index (κ2) is 36.0. The summed E-state index contributed by atoms with van der Waals surface area (Å²) in [4.78, 5) is 0. The smallest absolute Gasteiger partial charge is 1.00 e. The Morgan fingerprint density at radius 3 is 0.773 bits per heavy atom. The van der Waals surface area contributed by atoms with Gasteiger partial charge in [-0.25, -0.2) is 0 Å². The zero-order valence-corrected chi connectivity index (χ0v) is 48.5. The quantitative estimate of drug-likeness (QED) is 0.0326. The fraction of sp³-hybridized carbons (Fsp3) is 0.639. The molecule has 0 nitrogen and oxygen atoms in total. The molecule has 0 heterocycles. The minimum atomic E-state index is -2.85. The summed E-state index contributed by atoms with van der Waals surface area (Å²) in [5.41, 5.74) is 11.2. The average molecular weight is 1010 g/mol. The van der Waals surface area contributed by atoms with E-state index in [1.165, 1.54) is 197 Å². The van der Waals surface area contributed by atoms with Gasteiger partial charge in [0.15, 0.2) is 0 Å². The van der Waals surface area contributed by atoms with Crippen LogP contribution < -0.4 is 52.8 Å². The first-order valence-electron chi connectivity index (χ1n) is 27.3. The molecule has 1 atom stereocenters. The predicted molar refractivity (Wildman–Crippen MR) is 281 cm³/mol. The summed E-state index contributed by atoms with van der Waals surface area (Å²) in [5, 5.41) is 6.83. The van der Waals surface area contributed by atoms with Crippen molar-refractivity contribution in [2.75, 3.05) is 0 Å². The van der Waals surface area contributed by atoms with Gasteiger partial charge in [-0.05, 0) is 0 Å². The maximum atomic E-state index is 2.80. The summed E-state index contributed by atoms with van der Waals surface area (Å²) in [6.45, 7) is 19.2. The van der Waals surface area contributed by atoms with Crippen LogP contribution in [0.1, 0.15) is 243 Å². The topological polar surface area (TPSA) is 0 Å². The summed E-state index contributed by atoms with van der Waals surface area (Å²) >= 11 is 2.42. The van der Waals surface area contributed by atoms with E-state index in [-0.39, 0.29) is 37.2 Å². The number of rotatable bonds is 34.